The number of amides is 1. The smallest absolute Gasteiger partial charge is 0.422 e. The van der Waals surface area contributed by atoms with Crippen LogP contribution in [0.15, 0.2) is 35.5 Å². The Labute approximate surface area is 227 Å². The molecule has 1 fully saturated rings. The summed E-state index contributed by atoms with van der Waals surface area (Å²) < 4.78 is 60.7. The summed E-state index contributed by atoms with van der Waals surface area (Å²) >= 11 is 0. The molecule has 0 saturated carbocycles. The Morgan fingerprint density at radius 2 is 1.98 bits per heavy atom. The number of morpholine rings is 1. The number of nitrogens with zero attached hydrogens (tertiary/aromatic N) is 5. The van der Waals surface area contributed by atoms with E-state index >= 15 is 0 Å². The molecule has 11 nitrogen and oxygen atoms in total. The van der Waals surface area contributed by atoms with Gasteiger partial charge in [-0.2, -0.15) is 18.2 Å². The molecular formula is C26H29F3N6O5. The van der Waals surface area contributed by atoms with Crippen molar-refractivity contribution in [2.24, 2.45) is 4.99 Å². The molecule has 2 aliphatic heterocycles. The Morgan fingerprint density at radius 1 is 1.15 bits per heavy atom. The van der Waals surface area contributed by atoms with Gasteiger partial charge in [0, 0.05) is 50.4 Å². The number of ether oxygens (including phenoxy) is 4. The highest BCUT2D eigenvalue weighted by atomic mass is 19.4. The number of rotatable bonds is 9. The largest absolute Gasteiger partial charge is 0.491 e. The lowest BCUT2D eigenvalue weighted by Crippen LogP contribution is -2.37. The van der Waals surface area contributed by atoms with Gasteiger partial charge >= 0.3 is 6.18 Å². The van der Waals surface area contributed by atoms with E-state index in [1.165, 1.54) is 19.2 Å². The van der Waals surface area contributed by atoms with E-state index in [9.17, 15) is 18.0 Å². The Balaban J connectivity index is 1.38. The summed E-state index contributed by atoms with van der Waals surface area (Å²) in [7, 11) is 1.53. The van der Waals surface area contributed by atoms with Gasteiger partial charge in [-0.3, -0.25) is 14.3 Å². The Kier molecular flexibility index (Phi) is 8.35. The summed E-state index contributed by atoms with van der Waals surface area (Å²) in [5.74, 6) is 0.793. The third kappa shape index (κ3) is 6.45. The van der Waals surface area contributed by atoms with E-state index in [0.29, 0.717) is 36.7 Å². The average molecular weight is 563 g/mol. The zero-order chi connectivity index (χ0) is 28.1. The molecule has 214 valence electrons. The van der Waals surface area contributed by atoms with Gasteiger partial charge in [-0.25, -0.2) is 9.97 Å². The van der Waals surface area contributed by atoms with Crippen LogP contribution < -0.4 is 25.1 Å². The van der Waals surface area contributed by atoms with Crippen molar-refractivity contribution < 1.29 is 36.9 Å². The molecule has 14 heteroatoms. The SMILES string of the molecule is COc1c(OCCCN2CCOCC2)ccc2c3n(c(=NC(=O)c4ccc(OCC(F)(F)F)nc4)nc12)CCN3. The molecule has 5 rings (SSSR count). The summed E-state index contributed by atoms with van der Waals surface area (Å²) in [4.78, 5) is 27.9. The lowest BCUT2D eigenvalue weighted by atomic mass is 10.2. The highest BCUT2D eigenvalue weighted by Crippen LogP contribution is 2.37. The van der Waals surface area contributed by atoms with Gasteiger partial charge in [-0.15, -0.1) is 0 Å². The predicted molar refractivity (Wildman–Crippen MR) is 138 cm³/mol. The minimum atomic E-state index is -4.49. The minimum Gasteiger partial charge on any atom is -0.491 e. The second kappa shape index (κ2) is 12.1. The number of anilines is 1. The quantitative estimate of drug-likeness (QED) is 0.394. The minimum absolute atomic E-state index is 0.0749. The number of benzene rings is 1. The molecule has 0 atom stereocenters. The summed E-state index contributed by atoms with van der Waals surface area (Å²) in [5.41, 5.74) is 0.706. The molecule has 40 heavy (non-hydrogen) atoms. The standard InChI is InChI=1S/C26H29F3N6O5/c1-37-22-19(39-12-2-8-34-10-13-38-14-11-34)5-4-18-21(22)32-25(35-9-7-30-23(18)35)33-24(36)17-3-6-20(31-15-17)40-16-26(27,28)29/h3-6,15,30H,2,7-14,16H2,1H3. The molecular weight excluding hydrogens is 533 g/mol. The maximum absolute atomic E-state index is 12.9. The summed E-state index contributed by atoms with van der Waals surface area (Å²) in [5, 5.41) is 4.09. The summed E-state index contributed by atoms with van der Waals surface area (Å²) in [6.07, 6.45) is -2.54. The first kappa shape index (κ1) is 27.6. The van der Waals surface area contributed by atoms with E-state index in [1.54, 1.807) is 4.57 Å². The predicted octanol–water partition coefficient (Wildman–Crippen LogP) is 2.65. The molecule has 0 unspecified atom stereocenters. The van der Waals surface area contributed by atoms with Gasteiger partial charge < -0.3 is 24.3 Å². The molecule has 1 aromatic carbocycles. The highest BCUT2D eigenvalue weighted by Gasteiger charge is 2.28. The number of hydrogen-bond donors (Lipinski definition) is 1. The van der Waals surface area contributed by atoms with Crippen LogP contribution in [0.5, 0.6) is 17.4 Å². The third-order valence-corrected chi connectivity index (χ3v) is 6.45. The molecule has 4 heterocycles. The Bertz CT molecular complexity index is 1420. The van der Waals surface area contributed by atoms with Crippen molar-refractivity contribution in [3.05, 3.63) is 41.6 Å². The van der Waals surface area contributed by atoms with Crippen LogP contribution in [-0.2, 0) is 11.3 Å². The van der Waals surface area contributed by atoms with Gasteiger partial charge in [-0.05, 0) is 24.6 Å². The monoisotopic (exact) mass is 562 g/mol. The molecule has 2 aliphatic rings. The molecule has 1 saturated heterocycles. The molecule has 0 radical (unpaired) electrons. The second-order valence-electron chi connectivity index (χ2n) is 9.19. The van der Waals surface area contributed by atoms with Crippen LogP contribution in [0.2, 0.25) is 0 Å². The van der Waals surface area contributed by atoms with Gasteiger partial charge in [-0.1, -0.05) is 0 Å². The van der Waals surface area contributed by atoms with Crippen molar-refractivity contribution in [2.75, 3.05) is 65.0 Å². The number of fused-ring (bicyclic) bond motifs is 3. The fraction of sp³-hybridized carbons (Fsp3) is 0.462. The first-order valence-electron chi connectivity index (χ1n) is 12.9. The van der Waals surface area contributed by atoms with Gasteiger partial charge in [0.1, 0.15) is 11.3 Å². The van der Waals surface area contributed by atoms with Crippen LogP contribution >= 0.6 is 0 Å². The maximum Gasteiger partial charge on any atom is 0.422 e. The zero-order valence-electron chi connectivity index (χ0n) is 21.9. The zero-order valence-corrected chi connectivity index (χ0v) is 21.9. The Hall–Kier alpha value is -3.91. The Morgan fingerprint density at radius 3 is 2.70 bits per heavy atom. The van der Waals surface area contributed by atoms with Crippen LogP contribution in [0, 0.1) is 0 Å². The number of aromatic nitrogens is 3. The summed E-state index contributed by atoms with van der Waals surface area (Å²) in [6, 6.07) is 6.22. The third-order valence-electron chi connectivity index (χ3n) is 6.45. The first-order valence-corrected chi connectivity index (χ1v) is 12.9. The van der Waals surface area contributed by atoms with E-state index < -0.39 is 18.7 Å². The van der Waals surface area contributed by atoms with Crippen LogP contribution in [0.4, 0.5) is 19.0 Å². The van der Waals surface area contributed by atoms with Crippen LogP contribution in [-0.4, -0.2) is 91.2 Å². The maximum atomic E-state index is 12.9. The first-order chi connectivity index (χ1) is 19.3. The second-order valence-corrected chi connectivity index (χ2v) is 9.19. The van der Waals surface area contributed by atoms with Crippen LogP contribution in [0.1, 0.15) is 16.8 Å². The number of nitrogens with one attached hydrogen (secondary N) is 1. The van der Waals surface area contributed by atoms with Crippen molar-refractivity contribution >= 4 is 22.6 Å². The van der Waals surface area contributed by atoms with Crippen molar-refractivity contribution in [2.45, 2.75) is 19.1 Å². The molecule has 1 N–H and O–H groups in total. The fourth-order valence-electron chi connectivity index (χ4n) is 4.54. The van der Waals surface area contributed by atoms with E-state index in [2.05, 4.69) is 29.9 Å². The van der Waals surface area contributed by atoms with Gasteiger partial charge in [0.2, 0.25) is 11.5 Å². The lowest BCUT2D eigenvalue weighted by Gasteiger charge is -2.26. The number of alkyl halides is 3. The van der Waals surface area contributed by atoms with Crippen molar-refractivity contribution in [1.82, 2.24) is 19.4 Å². The molecule has 0 aliphatic carbocycles. The normalized spacial score (nSPS) is 16.1. The summed E-state index contributed by atoms with van der Waals surface area (Å²) in [6.45, 7) is 4.39. The molecule has 2 aromatic heterocycles. The average Bonchev–Trinajstić information content (AvgIpc) is 3.45. The molecule has 1 amide bonds. The number of carbonyl (C=O) groups is 1. The highest BCUT2D eigenvalue weighted by molar-refractivity contribution is 5.96. The number of carbonyl (C=O) groups excluding carboxylic acids is 1. The van der Waals surface area contributed by atoms with Crippen molar-refractivity contribution in [1.29, 1.82) is 0 Å². The van der Waals surface area contributed by atoms with E-state index in [1.807, 2.05) is 12.1 Å². The topological polar surface area (TPSA) is 112 Å². The van der Waals surface area contributed by atoms with Gasteiger partial charge in [0.25, 0.3) is 5.91 Å². The van der Waals surface area contributed by atoms with E-state index in [4.69, 9.17) is 14.2 Å². The van der Waals surface area contributed by atoms with E-state index in [-0.39, 0.29) is 17.1 Å². The van der Waals surface area contributed by atoms with Crippen LogP contribution in [0.3, 0.4) is 0 Å². The van der Waals surface area contributed by atoms with Gasteiger partial charge in [0.15, 0.2) is 18.1 Å². The van der Waals surface area contributed by atoms with E-state index in [0.717, 1.165) is 56.7 Å². The molecule has 3 aromatic rings. The number of hydrogen-bond acceptors (Lipinski definition) is 9. The van der Waals surface area contributed by atoms with Gasteiger partial charge in [0.05, 0.1) is 32.5 Å². The molecule has 0 bridgehead atoms. The lowest BCUT2D eigenvalue weighted by molar-refractivity contribution is -0.154. The number of methoxy groups -OCH3 is 1. The number of pyridine rings is 1. The van der Waals surface area contributed by atoms with Crippen molar-refractivity contribution in [3.8, 4) is 17.4 Å². The van der Waals surface area contributed by atoms with Crippen molar-refractivity contribution in [3.63, 3.8) is 0 Å². The van der Waals surface area contributed by atoms with Crippen LogP contribution in [0.25, 0.3) is 10.9 Å². The molecule has 0 spiro atoms. The fourth-order valence-corrected chi connectivity index (χ4v) is 4.54. The number of halogens is 3.